The van der Waals surface area contributed by atoms with Crippen molar-refractivity contribution in [3.8, 4) is 5.82 Å². The van der Waals surface area contributed by atoms with Crippen LogP contribution in [0.3, 0.4) is 0 Å². The molecule has 1 aliphatic heterocycles. The lowest BCUT2D eigenvalue weighted by Crippen LogP contribution is -2.46. The highest BCUT2D eigenvalue weighted by molar-refractivity contribution is 6.30. The van der Waals surface area contributed by atoms with Gasteiger partial charge < -0.3 is 9.80 Å². The quantitative estimate of drug-likeness (QED) is 0.710. The van der Waals surface area contributed by atoms with Gasteiger partial charge in [0.1, 0.15) is 5.82 Å². The lowest BCUT2D eigenvalue weighted by Gasteiger charge is -2.36. The van der Waals surface area contributed by atoms with Crippen LogP contribution < -0.4 is 9.80 Å². The van der Waals surface area contributed by atoms with Crippen molar-refractivity contribution in [1.82, 2.24) is 19.7 Å². The summed E-state index contributed by atoms with van der Waals surface area (Å²) in [5, 5.41) is 5.27. The molecular formula is C19H21ClN6. The highest BCUT2D eigenvalue weighted by atomic mass is 35.5. The Labute approximate surface area is 158 Å². The monoisotopic (exact) mass is 368 g/mol. The number of nitrogens with zero attached hydrogens (tertiary/aromatic N) is 6. The van der Waals surface area contributed by atoms with Crippen molar-refractivity contribution in [1.29, 1.82) is 0 Å². The van der Waals surface area contributed by atoms with E-state index in [4.69, 9.17) is 16.6 Å². The molecular weight excluding hydrogens is 348 g/mol. The predicted molar refractivity (Wildman–Crippen MR) is 105 cm³/mol. The Morgan fingerprint density at radius 2 is 1.65 bits per heavy atom. The van der Waals surface area contributed by atoms with E-state index in [2.05, 4.69) is 25.9 Å². The van der Waals surface area contributed by atoms with Crippen LogP contribution in [-0.2, 0) is 0 Å². The maximum Gasteiger partial charge on any atom is 0.174 e. The number of hydrogen-bond acceptors (Lipinski definition) is 5. The predicted octanol–water partition coefficient (Wildman–Crippen LogP) is 3.26. The zero-order valence-corrected chi connectivity index (χ0v) is 15.7. The maximum absolute atomic E-state index is 6.12. The first kappa shape index (κ1) is 16.8. The third kappa shape index (κ3) is 3.37. The second-order valence-corrected chi connectivity index (χ2v) is 6.96. The third-order valence-corrected chi connectivity index (χ3v) is 4.85. The first-order valence-electron chi connectivity index (χ1n) is 8.71. The Balaban J connectivity index is 1.50. The van der Waals surface area contributed by atoms with Crippen molar-refractivity contribution in [2.24, 2.45) is 0 Å². The average Bonchev–Trinajstić information content (AvgIpc) is 3.00. The molecule has 0 spiro atoms. The van der Waals surface area contributed by atoms with E-state index in [0.717, 1.165) is 54.2 Å². The van der Waals surface area contributed by atoms with Gasteiger partial charge in [-0.25, -0.2) is 9.67 Å². The van der Waals surface area contributed by atoms with Gasteiger partial charge in [0, 0.05) is 42.6 Å². The van der Waals surface area contributed by atoms with Crippen LogP contribution in [0.5, 0.6) is 0 Å². The molecule has 6 nitrogen and oxygen atoms in total. The van der Waals surface area contributed by atoms with Gasteiger partial charge in [0.05, 0.1) is 18.1 Å². The van der Waals surface area contributed by atoms with Crippen molar-refractivity contribution in [3.63, 3.8) is 0 Å². The molecule has 2 aromatic heterocycles. The van der Waals surface area contributed by atoms with E-state index in [1.807, 2.05) is 49.0 Å². The zero-order chi connectivity index (χ0) is 18.1. The number of piperazine rings is 1. The second kappa shape index (κ2) is 6.96. The summed E-state index contributed by atoms with van der Waals surface area (Å²) in [5.41, 5.74) is 3.20. The summed E-state index contributed by atoms with van der Waals surface area (Å²) in [4.78, 5) is 13.8. The molecule has 0 saturated carbocycles. The van der Waals surface area contributed by atoms with Gasteiger partial charge in [0.25, 0.3) is 0 Å². The van der Waals surface area contributed by atoms with Crippen molar-refractivity contribution < 1.29 is 0 Å². The van der Waals surface area contributed by atoms with Gasteiger partial charge >= 0.3 is 0 Å². The molecule has 0 bridgehead atoms. The fraction of sp³-hybridized carbons (Fsp3) is 0.316. The fourth-order valence-corrected chi connectivity index (χ4v) is 3.51. The molecule has 26 heavy (non-hydrogen) atoms. The van der Waals surface area contributed by atoms with Gasteiger partial charge in [-0.3, -0.25) is 4.98 Å². The second-order valence-electron chi connectivity index (χ2n) is 6.53. The molecule has 1 aromatic carbocycles. The van der Waals surface area contributed by atoms with Gasteiger partial charge in [-0.15, -0.1) is 0 Å². The number of benzene rings is 1. The molecule has 0 N–H and O–H groups in total. The van der Waals surface area contributed by atoms with Crippen LogP contribution in [0.1, 0.15) is 11.4 Å². The van der Waals surface area contributed by atoms with E-state index in [1.165, 1.54) is 5.69 Å². The smallest absolute Gasteiger partial charge is 0.174 e. The molecule has 0 radical (unpaired) electrons. The van der Waals surface area contributed by atoms with Gasteiger partial charge in [-0.2, -0.15) is 5.10 Å². The zero-order valence-electron chi connectivity index (χ0n) is 14.9. The first-order chi connectivity index (χ1) is 12.6. The van der Waals surface area contributed by atoms with E-state index in [-0.39, 0.29) is 0 Å². The molecule has 1 saturated heterocycles. The normalized spacial score (nSPS) is 14.7. The average molecular weight is 369 g/mol. The lowest BCUT2D eigenvalue weighted by molar-refractivity contribution is 0.644. The summed E-state index contributed by atoms with van der Waals surface area (Å²) in [6.45, 7) is 7.63. The number of rotatable bonds is 3. The van der Waals surface area contributed by atoms with E-state index in [9.17, 15) is 0 Å². The lowest BCUT2D eigenvalue weighted by atomic mass is 10.2. The molecule has 0 amide bonds. The Hall–Kier alpha value is -2.60. The topological polar surface area (TPSA) is 50.1 Å². The summed E-state index contributed by atoms with van der Waals surface area (Å²) in [6, 6.07) is 10.1. The summed E-state index contributed by atoms with van der Waals surface area (Å²) < 4.78 is 1.84. The molecule has 0 unspecified atom stereocenters. The van der Waals surface area contributed by atoms with Crippen LogP contribution in [0, 0.1) is 13.8 Å². The van der Waals surface area contributed by atoms with Gasteiger partial charge in [-0.05, 0) is 38.1 Å². The molecule has 0 aliphatic carbocycles. The summed E-state index contributed by atoms with van der Waals surface area (Å²) in [6.07, 6.45) is 3.58. The molecule has 4 rings (SSSR count). The van der Waals surface area contributed by atoms with Crippen molar-refractivity contribution in [2.75, 3.05) is 36.0 Å². The number of anilines is 2. The van der Waals surface area contributed by atoms with Crippen LogP contribution in [0.25, 0.3) is 5.82 Å². The highest BCUT2D eigenvalue weighted by Crippen LogP contribution is 2.22. The van der Waals surface area contributed by atoms with Gasteiger partial charge in [-0.1, -0.05) is 17.7 Å². The maximum atomic E-state index is 6.12. The van der Waals surface area contributed by atoms with Crippen molar-refractivity contribution >= 4 is 23.1 Å². The highest BCUT2D eigenvalue weighted by Gasteiger charge is 2.19. The SMILES string of the molecule is Cc1cc(C)n(-c2cncc(N3CCN(c4cccc(Cl)c4)CC3)n2)n1. The minimum Gasteiger partial charge on any atom is -0.368 e. The van der Waals surface area contributed by atoms with Gasteiger partial charge in [0.2, 0.25) is 0 Å². The molecule has 3 heterocycles. The van der Waals surface area contributed by atoms with E-state index >= 15 is 0 Å². The third-order valence-electron chi connectivity index (χ3n) is 4.61. The molecule has 1 fully saturated rings. The van der Waals surface area contributed by atoms with E-state index in [0.29, 0.717) is 0 Å². The Kier molecular flexibility index (Phi) is 4.51. The molecule has 1 aliphatic rings. The van der Waals surface area contributed by atoms with Crippen LogP contribution in [0.4, 0.5) is 11.5 Å². The number of hydrogen-bond donors (Lipinski definition) is 0. The standard InChI is InChI=1S/C19H21ClN6/c1-14-10-15(2)26(23-14)19-13-21-12-18(22-19)25-8-6-24(7-9-25)17-5-3-4-16(20)11-17/h3-5,10-13H,6-9H2,1-2H3. The summed E-state index contributed by atoms with van der Waals surface area (Å²) >= 11 is 6.12. The first-order valence-corrected chi connectivity index (χ1v) is 9.09. The minimum absolute atomic E-state index is 0.755. The van der Waals surface area contributed by atoms with Crippen LogP contribution in [0.2, 0.25) is 5.02 Å². The molecule has 7 heteroatoms. The van der Waals surface area contributed by atoms with Crippen LogP contribution >= 0.6 is 11.6 Å². The fourth-order valence-electron chi connectivity index (χ4n) is 3.33. The van der Waals surface area contributed by atoms with Crippen molar-refractivity contribution in [2.45, 2.75) is 13.8 Å². The van der Waals surface area contributed by atoms with Crippen LogP contribution in [-0.4, -0.2) is 45.9 Å². The molecule has 0 atom stereocenters. The van der Waals surface area contributed by atoms with E-state index < -0.39 is 0 Å². The largest absolute Gasteiger partial charge is 0.368 e. The number of aromatic nitrogens is 4. The Morgan fingerprint density at radius 3 is 2.35 bits per heavy atom. The molecule has 3 aromatic rings. The minimum atomic E-state index is 0.755. The van der Waals surface area contributed by atoms with E-state index in [1.54, 1.807) is 6.20 Å². The summed E-state index contributed by atoms with van der Waals surface area (Å²) in [5.74, 6) is 1.64. The Morgan fingerprint density at radius 1 is 0.923 bits per heavy atom. The van der Waals surface area contributed by atoms with Crippen LogP contribution in [0.15, 0.2) is 42.7 Å². The van der Waals surface area contributed by atoms with Crippen molar-refractivity contribution in [3.05, 3.63) is 59.1 Å². The summed E-state index contributed by atoms with van der Waals surface area (Å²) in [7, 11) is 0. The van der Waals surface area contributed by atoms with Gasteiger partial charge in [0.15, 0.2) is 5.82 Å². The Bertz CT molecular complexity index is 914. The number of halogens is 1. The molecule has 134 valence electrons. The number of aryl methyl sites for hydroxylation is 2.